The summed E-state index contributed by atoms with van der Waals surface area (Å²) >= 11 is 0. The largest absolute Gasteiger partial charge is 0.379 e. The molecule has 2 aliphatic heterocycles. The van der Waals surface area contributed by atoms with Gasteiger partial charge >= 0.3 is 0 Å². The molecule has 2 saturated heterocycles. The quantitative estimate of drug-likeness (QED) is 0.722. The Morgan fingerprint density at radius 2 is 2.06 bits per heavy atom. The van der Waals surface area contributed by atoms with E-state index in [9.17, 15) is 0 Å². The Kier molecular flexibility index (Phi) is 5.89. The first-order valence-corrected chi connectivity index (χ1v) is 7.51. The second-order valence-electron chi connectivity index (χ2n) is 5.77. The van der Waals surface area contributed by atoms with Crippen LogP contribution in [0.2, 0.25) is 0 Å². The number of nitrogens with one attached hydrogen (secondary N) is 1. The van der Waals surface area contributed by atoms with Crippen molar-refractivity contribution in [2.75, 3.05) is 59.5 Å². The standard InChI is InChI=1S/C14H29N3O/c1-3-15-14-12-18-11-13(14)10-16(2)8-9-17-6-4-5-7-17/h13-15H,3-12H2,1-2H3. The van der Waals surface area contributed by atoms with Crippen LogP contribution in [0.1, 0.15) is 19.8 Å². The van der Waals surface area contributed by atoms with Crippen LogP contribution < -0.4 is 5.32 Å². The smallest absolute Gasteiger partial charge is 0.0623 e. The highest BCUT2D eigenvalue weighted by molar-refractivity contribution is 4.83. The zero-order valence-electron chi connectivity index (χ0n) is 12.0. The van der Waals surface area contributed by atoms with Crippen molar-refractivity contribution in [3.05, 3.63) is 0 Å². The van der Waals surface area contributed by atoms with E-state index in [0.29, 0.717) is 12.0 Å². The maximum atomic E-state index is 5.60. The normalized spacial score (nSPS) is 29.5. The summed E-state index contributed by atoms with van der Waals surface area (Å²) in [7, 11) is 2.25. The van der Waals surface area contributed by atoms with E-state index < -0.39 is 0 Å². The number of nitrogens with zero attached hydrogens (tertiary/aromatic N) is 2. The fourth-order valence-electron chi connectivity index (χ4n) is 3.08. The molecule has 4 nitrogen and oxygen atoms in total. The molecule has 2 unspecified atom stereocenters. The molecule has 0 bridgehead atoms. The van der Waals surface area contributed by atoms with Crippen molar-refractivity contribution in [3.63, 3.8) is 0 Å². The van der Waals surface area contributed by atoms with Gasteiger partial charge in [0.1, 0.15) is 0 Å². The first-order valence-electron chi connectivity index (χ1n) is 7.51. The Balaban J connectivity index is 1.64. The lowest BCUT2D eigenvalue weighted by Gasteiger charge is -2.26. The Bertz CT molecular complexity index is 231. The minimum atomic E-state index is 0.559. The van der Waals surface area contributed by atoms with E-state index >= 15 is 0 Å². The van der Waals surface area contributed by atoms with E-state index in [1.54, 1.807) is 0 Å². The molecule has 0 aliphatic carbocycles. The Morgan fingerprint density at radius 3 is 2.78 bits per heavy atom. The molecule has 0 saturated carbocycles. The molecule has 2 fully saturated rings. The molecule has 1 N–H and O–H groups in total. The van der Waals surface area contributed by atoms with Crippen LogP contribution in [-0.4, -0.2) is 75.4 Å². The SMILES string of the molecule is CCNC1COCC1CN(C)CCN1CCCC1. The van der Waals surface area contributed by atoms with Gasteiger partial charge in [-0.15, -0.1) is 0 Å². The maximum Gasteiger partial charge on any atom is 0.0623 e. The molecule has 0 aromatic heterocycles. The van der Waals surface area contributed by atoms with Crippen LogP contribution in [0.4, 0.5) is 0 Å². The van der Waals surface area contributed by atoms with Gasteiger partial charge < -0.3 is 19.9 Å². The van der Waals surface area contributed by atoms with Crippen molar-refractivity contribution >= 4 is 0 Å². The van der Waals surface area contributed by atoms with E-state index in [1.165, 1.54) is 39.0 Å². The molecule has 0 aromatic rings. The maximum absolute atomic E-state index is 5.60. The topological polar surface area (TPSA) is 27.7 Å². The minimum Gasteiger partial charge on any atom is -0.379 e. The van der Waals surface area contributed by atoms with Gasteiger partial charge in [0.05, 0.1) is 13.2 Å². The molecule has 0 amide bonds. The van der Waals surface area contributed by atoms with Crippen LogP contribution in [0.15, 0.2) is 0 Å². The lowest BCUT2D eigenvalue weighted by atomic mass is 10.0. The summed E-state index contributed by atoms with van der Waals surface area (Å²) in [6, 6.07) is 0.559. The molecule has 0 aromatic carbocycles. The third-order valence-electron chi connectivity index (χ3n) is 4.21. The summed E-state index contributed by atoms with van der Waals surface area (Å²) in [4.78, 5) is 5.06. The van der Waals surface area contributed by atoms with Crippen molar-refractivity contribution in [2.24, 2.45) is 5.92 Å². The van der Waals surface area contributed by atoms with Crippen LogP contribution in [0.25, 0.3) is 0 Å². The second-order valence-corrected chi connectivity index (χ2v) is 5.77. The summed E-state index contributed by atoms with van der Waals surface area (Å²) in [5.41, 5.74) is 0. The van der Waals surface area contributed by atoms with Crippen LogP contribution in [-0.2, 0) is 4.74 Å². The molecule has 106 valence electrons. The highest BCUT2D eigenvalue weighted by Crippen LogP contribution is 2.15. The molecule has 2 atom stereocenters. The predicted octanol–water partition coefficient (Wildman–Crippen LogP) is 0.639. The number of hydrogen-bond acceptors (Lipinski definition) is 4. The molecule has 2 aliphatic rings. The average Bonchev–Trinajstić information content (AvgIpc) is 2.99. The van der Waals surface area contributed by atoms with Crippen molar-refractivity contribution in [3.8, 4) is 0 Å². The Morgan fingerprint density at radius 1 is 1.28 bits per heavy atom. The first kappa shape index (κ1) is 14.3. The molecule has 0 spiro atoms. The van der Waals surface area contributed by atoms with Gasteiger partial charge in [-0.05, 0) is 39.5 Å². The van der Waals surface area contributed by atoms with Crippen molar-refractivity contribution < 1.29 is 4.74 Å². The van der Waals surface area contributed by atoms with Crippen LogP contribution in [0, 0.1) is 5.92 Å². The van der Waals surface area contributed by atoms with Crippen LogP contribution in [0.3, 0.4) is 0 Å². The molecule has 2 heterocycles. The Hall–Kier alpha value is -0.160. The molecule has 0 radical (unpaired) electrons. The van der Waals surface area contributed by atoms with Crippen molar-refractivity contribution in [1.82, 2.24) is 15.1 Å². The number of rotatable bonds is 7. The number of likely N-dealkylation sites (N-methyl/N-ethyl adjacent to an activating group) is 2. The van der Waals surface area contributed by atoms with Crippen LogP contribution >= 0.6 is 0 Å². The monoisotopic (exact) mass is 255 g/mol. The lowest BCUT2D eigenvalue weighted by molar-refractivity contribution is 0.170. The fourth-order valence-corrected chi connectivity index (χ4v) is 3.08. The van der Waals surface area contributed by atoms with E-state index in [0.717, 1.165) is 26.3 Å². The van der Waals surface area contributed by atoms with Crippen LogP contribution in [0.5, 0.6) is 0 Å². The molecule has 4 heteroatoms. The molecule has 2 rings (SSSR count). The third kappa shape index (κ3) is 4.19. The van der Waals surface area contributed by atoms with Crippen molar-refractivity contribution in [2.45, 2.75) is 25.8 Å². The van der Waals surface area contributed by atoms with Gasteiger partial charge in [-0.25, -0.2) is 0 Å². The summed E-state index contributed by atoms with van der Waals surface area (Å²) in [5.74, 6) is 0.661. The molecule has 18 heavy (non-hydrogen) atoms. The molecular formula is C14H29N3O. The van der Waals surface area contributed by atoms with E-state index in [1.807, 2.05) is 0 Å². The fraction of sp³-hybridized carbons (Fsp3) is 1.00. The minimum absolute atomic E-state index is 0.559. The molecular weight excluding hydrogens is 226 g/mol. The summed E-state index contributed by atoms with van der Waals surface area (Å²) in [6.07, 6.45) is 2.78. The van der Waals surface area contributed by atoms with Gasteiger partial charge in [-0.2, -0.15) is 0 Å². The van der Waals surface area contributed by atoms with E-state index in [4.69, 9.17) is 4.74 Å². The lowest BCUT2D eigenvalue weighted by Crippen LogP contribution is -2.42. The van der Waals surface area contributed by atoms with Gasteiger partial charge in [-0.3, -0.25) is 0 Å². The average molecular weight is 255 g/mol. The van der Waals surface area contributed by atoms with E-state index in [2.05, 4.69) is 29.1 Å². The summed E-state index contributed by atoms with van der Waals surface area (Å²) < 4.78 is 5.60. The van der Waals surface area contributed by atoms with Gasteiger partial charge in [-0.1, -0.05) is 6.92 Å². The third-order valence-corrected chi connectivity index (χ3v) is 4.21. The van der Waals surface area contributed by atoms with Crippen molar-refractivity contribution in [1.29, 1.82) is 0 Å². The van der Waals surface area contributed by atoms with E-state index in [-0.39, 0.29) is 0 Å². The summed E-state index contributed by atoms with van der Waals surface area (Å²) in [6.45, 7) is 11.2. The summed E-state index contributed by atoms with van der Waals surface area (Å²) in [5, 5.41) is 3.54. The second kappa shape index (κ2) is 7.43. The van der Waals surface area contributed by atoms with Gasteiger partial charge in [0.25, 0.3) is 0 Å². The van der Waals surface area contributed by atoms with Gasteiger partial charge in [0, 0.05) is 31.6 Å². The predicted molar refractivity (Wildman–Crippen MR) is 74.9 cm³/mol. The Labute approximate surface area is 112 Å². The zero-order valence-corrected chi connectivity index (χ0v) is 12.0. The highest BCUT2D eigenvalue weighted by atomic mass is 16.5. The number of likely N-dealkylation sites (tertiary alicyclic amines) is 1. The first-order chi connectivity index (χ1) is 8.79. The highest BCUT2D eigenvalue weighted by Gasteiger charge is 2.28. The number of ether oxygens (including phenoxy) is 1. The van der Waals surface area contributed by atoms with Gasteiger partial charge in [0.2, 0.25) is 0 Å². The number of hydrogen-bond donors (Lipinski definition) is 1. The van der Waals surface area contributed by atoms with Gasteiger partial charge in [0.15, 0.2) is 0 Å². The zero-order chi connectivity index (χ0) is 12.8.